The number of nitrogens with zero attached hydrogens (tertiary/aromatic N) is 10. The maximum absolute atomic E-state index is 5.08. The first kappa shape index (κ1) is 87.7. The molecule has 17 aromatic carbocycles. The maximum Gasteiger partial charge on any atom is 0.238 e. The summed E-state index contributed by atoms with van der Waals surface area (Å²) in [6.07, 6.45) is 17.3. The SMILES string of the molecule is Cc1ccc(N(c2ccc(C)cc2)c2ccc(C3(c4ccc(N(c5ccc(C)cc5)c5ccc(C)cc5)cc4)CCCCC3)cc2)cc1.c1ccc(-c2nc(-c3ccccc3)nc(-n3c4ccccc4c4cc(-c5ccc6c(c5)c5ccccc5n6-c5ccccc5)ccc43)n2)cc1.c1cncc(-c2cccc(-c3cc(-c4cccc(-c5cccnc5)c4)cc(-c4cccc(-c5cccnc5)c4)c3)c2)c1. The molecule has 1 aliphatic rings. The second-order valence-electron chi connectivity index (χ2n) is 36.5. The number of benzene rings is 17. The van der Waals surface area contributed by atoms with Crippen LogP contribution >= 0.6 is 0 Å². The van der Waals surface area contributed by atoms with Crippen molar-refractivity contribution in [2.24, 2.45) is 0 Å². The van der Waals surface area contributed by atoms with E-state index in [9.17, 15) is 0 Å². The number of para-hydroxylation sites is 3. The van der Waals surface area contributed by atoms with Crippen LogP contribution in [0.3, 0.4) is 0 Å². The molecule has 0 saturated heterocycles. The summed E-state index contributed by atoms with van der Waals surface area (Å²) in [7, 11) is 0. The third-order valence-corrected chi connectivity index (χ3v) is 27.3. The van der Waals surface area contributed by atoms with Gasteiger partial charge in [0.1, 0.15) is 0 Å². The monoisotopic (exact) mass is 1800 g/mol. The zero-order valence-corrected chi connectivity index (χ0v) is 78.7. The van der Waals surface area contributed by atoms with E-state index in [2.05, 4.69) is 432 Å². The van der Waals surface area contributed by atoms with Crippen LogP contribution in [0.25, 0.3) is 156 Å². The van der Waals surface area contributed by atoms with Gasteiger partial charge in [0.25, 0.3) is 0 Å². The standard InChI is InChI=1S/C46H46N2.C45H29N5.C39H27N3/c1-34-8-20-40(21-9-34)47(41-22-10-35(2)11-23-41)44-28-16-38(17-29-44)46(32-6-5-7-33-46)39-18-30-45(31-19-39)48(42-24-12-36(3)13-25-42)43-26-14-37(4)15-27-43;1-4-14-30(15-5-1)43-46-44(31-16-6-2-7-17-31)48-45(47-43)50-40-23-13-11-21-36(40)38-29-33(25-27-42(38)50)32-24-26-41-37(28-32)35-20-10-12-22-39(35)49(41)34-18-8-3-9-19-34;1-7-28(34-13-4-16-40-25-34)19-31(10-1)37-22-38(32-11-2-8-29(20-32)35-14-5-17-41-26-35)24-39(23-37)33-12-3-9-30(21-33)36-15-6-18-42-27-36/h8-31H,5-7,32-33H2,1-4H3;1-29H;1-27H. The number of hydrogen-bond acceptors (Lipinski definition) is 8. The molecule has 10 heteroatoms. The Hall–Kier alpha value is -17.6. The highest BCUT2D eigenvalue weighted by Gasteiger charge is 2.36. The molecule has 0 amide bonds. The third kappa shape index (κ3) is 18.3. The largest absolute Gasteiger partial charge is 0.311 e. The molecule has 0 atom stereocenters. The number of fused-ring (bicyclic) bond motifs is 6. The van der Waals surface area contributed by atoms with Crippen molar-refractivity contribution in [2.75, 3.05) is 9.80 Å². The highest BCUT2D eigenvalue weighted by molar-refractivity contribution is 6.13. The molecule has 10 nitrogen and oxygen atoms in total. The zero-order valence-electron chi connectivity index (χ0n) is 78.7. The Labute approximate surface area is 818 Å². The van der Waals surface area contributed by atoms with Crippen molar-refractivity contribution in [1.82, 2.24) is 39.0 Å². The van der Waals surface area contributed by atoms with Crippen LogP contribution in [-0.4, -0.2) is 39.0 Å². The Morgan fingerprint density at radius 3 is 0.857 bits per heavy atom. The van der Waals surface area contributed by atoms with Crippen LogP contribution < -0.4 is 9.80 Å². The third-order valence-electron chi connectivity index (χ3n) is 27.3. The quantitative estimate of drug-likeness (QED) is 0.0790. The van der Waals surface area contributed by atoms with Gasteiger partial charge in [-0.15, -0.1) is 0 Å². The van der Waals surface area contributed by atoms with Crippen molar-refractivity contribution in [1.29, 1.82) is 0 Å². The Bertz CT molecular complexity index is 7760. The molecule has 0 bridgehead atoms. The average Bonchev–Trinajstić information content (AvgIpc) is 1.57. The van der Waals surface area contributed by atoms with E-state index in [-0.39, 0.29) is 5.41 Å². The molecule has 672 valence electrons. The van der Waals surface area contributed by atoms with E-state index < -0.39 is 0 Å². The predicted molar refractivity (Wildman–Crippen MR) is 582 cm³/mol. The molecule has 23 aromatic rings. The summed E-state index contributed by atoms with van der Waals surface area (Å²) >= 11 is 0. The molecule has 6 aromatic heterocycles. The van der Waals surface area contributed by atoms with Crippen molar-refractivity contribution in [3.8, 4) is 112 Å². The van der Waals surface area contributed by atoms with Gasteiger partial charge in [-0.25, -0.2) is 4.98 Å². The van der Waals surface area contributed by atoms with Crippen LogP contribution in [0, 0.1) is 27.7 Å². The summed E-state index contributed by atoms with van der Waals surface area (Å²) in [6, 6.07) is 161. The van der Waals surface area contributed by atoms with Crippen LogP contribution in [0.1, 0.15) is 65.5 Å². The van der Waals surface area contributed by atoms with Gasteiger partial charge >= 0.3 is 0 Å². The van der Waals surface area contributed by atoms with Crippen LogP contribution in [0.15, 0.2) is 486 Å². The van der Waals surface area contributed by atoms with Crippen molar-refractivity contribution in [3.63, 3.8) is 0 Å². The van der Waals surface area contributed by atoms with Crippen molar-refractivity contribution < 1.29 is 0 Å². The number of pyridine rings is 3. The Morgan fingerprint density at radius 2 is 0.500 bits per heavy atom. The summed E-state index contributed by atoms with van der Waals surface area (Å²) in [5, 5.41) is 4.77. The lowest BCUT2D eigenvalue weighted by atomic mass is 9.65. The second kappa shape index (κ2) is 39.4. The minimum atomic E-state index is 0.00636. The van der Waals surface area contributed by atoms with E-state index in [0.717, 1.165) is 111 Å². The summed E-state index contributed by atoms with van der Waals surface area (Å²) in [6.45, 7) is 8.59. The number of aromatic nitrogens is 8. The first-order chi connectivity index (χ1) is 69.0. The van der Waals surface area contributed by atoms with Crippen molar-refractivity contribution in [3.05, 3.63) is 519 Å². The minimum Gasteiger partial charge on any atom is -0.311 e. The normalized spacial score (nSPS) is 12.2. The molecule has 1 fully saturated rings. The lowest BCUT2D eigenvalue weighted by molar-refractivity contribution is 0.346. The lowest BCUT2D eigenvalue weighted by Crippen LogP contribution is -2.30. The fourth-order valence-corrected chi connectivity index (χ4v) is 20.1. The number of rotatable bonds is 19. The highest BCUT2D eigenvalue weighted by Crippen LogP contribution is 2.49. The summed E-state index contributed by atoms with van der Waals surface area (Å²) in [5.74, 6) is 1.87. The average molecular weight is 1800 g/mol. The van der Waals surface area contributed by atoms with E-state index in [1.807, 2.05) is 116 Å². The summed E-state index contributed by atoms with van der Waals surface area (Å²) in [5.41, 5.74) is 38.5. The fourth-order valence-electron chi connectivity index (χ4n) is 20.1. The molecule has 0 spiro atoms. The molecule has 1 saturated carbocycles. The van der Waals surface area contributed by atoms with Crippen molar-refractivity contribution >= 4 is 77.7 Å². The molecule has 24 rings (SSSR count). The summed E-state index contributed by atoms with van der Waals surface area (Å²) < 4.78 is 4.53. The van der Waals surface area contributed by atoms with Gasteiger partial charge in [0.05, 0.1) is 22.1 Å². The van der Waals surface area contributed by atoms with E-state index in [0.29, 0.717) is 17.6 Å². The number of anilines is 6. The van der Waals surface area contributed by atoms with E-state index >= 15 is 0 Å². The molecule has 0 N–H and O–H groups in total. The highest BCUT2D eigenvalue weighted by atomic mass is 15.2. The first-order valence-corrected chi connectivity index (χ1v) is 48.3. The Morgan fingerprint density at radius 1 is 0.214 bits per heavy atom. The summed E-state index contributed by atoms with van der Waals surface area (Å²) in [4.78, 5) is 32.8. The smallest absolute Gasteiger partial charge is 0.238 e. The molecule has 0 aliphatic heterocycles. The fraction of sp³-hybridized carbons (Fsp3) is 0.0769. The Balaban J connectivity index is 0.000000121. The van der Waals surface area contributed by atoms with E-state index in [1.54, 1.807) is 0 Å². The number of aryl methyl sites for hydroxylation is 4. The van der Waals surface area contributed by atoms with Crippen LogP contribution in [0.5, 0.6) is 0 Å². The number of hydrogen-bond donors (Lipinski definition) is 0. The lowest BCUT2D eigenvalue weighted by Gasteiger charge is -2.39. The van der Waals surface area contributed by atoms with Crippen LogP contribution in [0.2, 0.25) is 0 Å². The second-order valence-corrected chi connectivity index (χ2v) is 36.5. The zero-order chi connectivity index (χ0) is 94.3. The van der Waals surface area contributed by atoms with Crippen LogP contribution in [-0.2, 0) is 5.41 Å². The topological polar surface area (TPSA) is 93.7 Å². The van der Waals surface area contributed by atoms with Gasteiger partial charge in [-0.05, 0) is 289 Å². The van der Waals surface area contributed by atoms with Gasteiger partial charge < -0.3 is 14.4 Å². The van der Waals surface area contributed by atoms with Gasteiger partial charge in [0, 0.05) is 132 Å². The first-order valence-electron chi connectivity index (χ1n) is 48.3. The molecule has 140 heavy (non-hydrogen) atoms. The van der Waals surface area contributed by atoms with Gasteiger partial charge in [-0.2, -0.15) is 9.97 Å². The van der Waals surface area contributed by atoms with Gasteiger partial charge in [0.15, 0.2) is 11.6 Å². The predicted octanol–water partition coefficient (Wildman–Crippen LogP) is 34.1. The van der Waals surface area contributed by atoms with Crippen LogP contribution in [0.4, 0.5) is 34.1 Å². The minimum absolute atomic E-state index is 0.00636. The maximum atomic E-state index is 5.08. The molecule has 0 unspecified atom stereocenters. The molecular formula is C130H102N10. The Kier molecular flexibility index (Phi) is 24.7. The van der Waals surface area contributed by atoms with Gasteiger partial charge in [-0.1, -0.05) is 315 Å². The molecule has 6 heterocycles. The molecule has 0 radical (unpaired) electrons. The molecule has 1 aliphatic carbocycles. The molecular weight excluding hydrogens is 1700 g/mol. The van der Waals surface area contributed by atoms with Crippen molar-refractivity contribution in [2.45, 2.75) is 65.2 Å². The van der Waals surface area contributed by atoms with Gasteiger partial charge in [-0.3, -0.25) is 19.5 Å². The van der Waals surface area contributed by atoms with E-state index in [1.165, 1.54) is 127 Å². The van der Waals surface area contributed by atoms with E-state index in [4.69, 9.17) is 15.0 Å². The van der Waals surface area contributed by atoms with Gasteiger partial charge in [0.2, 0.25) is 5.95 Å².